The lowest BCUT2D eigenvalue weighted by atomic mass is 10.0. The van der Waals surface area contributed by atoms with Crippen LogP contribution in [0.5, 0.6) is 0 Å². The molecule has 0 aromatic carbocycles. The fraction of sp³-hybridized carbons (Fsp3) is 0.429. The molecule has 2 heteroatoms. The van der Waals surface area contributed by atoms with Crippen LogP contribution in [0.25, 0.3) is 0 Å². The molecule has 0 heterocycles. The number of rotatable bonds is 0. The maximum Gasteiger partial charge on any atom is 0.105 e. The normalized spacial score (nSPS) is 34.3. The maximum atomic E-state index is 9.08. The molecule has 0 fully saturated rings. The van der Waals surface area contributed by atoms with Crippen molar-refractivity contribution in [1.29, 1.82) is 0 Å². The third-order valence-corrected chi connectivity index (χ3v) is 1.46. The van der Waals surface area contributed by atoms with Crippen LogP contribution < -0.4 is 0 Å². The molecule has 0 saturated carbocycles. The predicted octanol–water partition coefficient (Wildman–Crippen LogP) is 0.224. The third-order valence-electron chi connectivity index (χ3n) is 1.46. The van der Waals surface area contributed by atoms with Crippen LogP contribution in [0.15, 0.2) is 23.8 Å². The largest absolute Gasteiger partial charge is 0.386 e. The lowest BCUT2D eigenvalue weighted by Crippen LogP contribution is -2.26. The van der Waals surface area contributed by atoms with E-state index in [4.69, 9.17) is 10.2 Å². The first-order chi connectivity index (χ1) is 4.22. The minimum Gasteiger partial charge on any atom is -0.386 e. The third kappa shape index (κ3) is 1.20. The molecule has 0 unspecified atom stereocenters. The van der Waals surface area contributed by atoms with Gasteiger partial charge in [0.05, 0.1) is 0 Å². The molecule has 2 N–H and O–H groups in total. The fourth-order valence-electron chi connectivity index (χ4n) is 0.794. The SMILES string of the molecule is CC1=CC=C[C@@H](O)[C@@H]1O. The highest BCUT2D eigenvalue weighted by molar-refractivity contribution is 5.23. The standard InChI is InChI=1S/C7H10O2/c1-5-3-2-4-6(8)7(5)9/h2-4,6-9H,1H3/t6-,7-/m1/s1. The zero-order valence-electron chi connectivity index (χ0n) is 5.28. The van der Waals surface area contributed by atoms with Crippen molar-refractivity contribution in [2.45, 2.75) is 19.1 Å². The number of hydrogen-bond donors (Lipinski definition) is 2. The van der Waals surface area contributed by atoms with Crippen molar-refractivity contribution >= 4 is 0 Å². The van der Waals surface area contributed by atoms with Gasteiger partial charge in [0.25, 0.3) is 0 Å². The smallest absolute Gasteiger partial charge is 0.105 e. The summed E-state index contributed by atoms with van der Waals surface area (Å²) < 4.78 is 0. The number of aliphatic hydroxyl groups excluding tert-OH is 2. The van der Waals surface area contributed by atoms with E-state index in [9.17, 15) is 0 Å². The Morgan fingerprint density at radius 1 is 1.44 bits per heavy atom. The monoisotopic (exact) mass is 126 g/mol. The van der Waals surface area contributed by atoms with Gasteiger partial charge in [0.1, 0.15) is 12.2 Å². The zero-order chi connectivity index (χ0) is 6.85. The van der Waals surface area contributed by atoms with E-state index in [1.807, 2.05) is 0 Å². The molecule has 0 aromatic rings. The van der Waals surface area contributed by atoms with Gasteiger partial charge in [-0.2, -0.15) is 0 Å². The van der Waals surface area contributed by atoms with E-state index < -0.39 is 12.2 Å². The molecule has 0 saturated heterocycles. The molecule has 0 aliphatic heterocycles. The molecule has 50 valence electrons. The summed E-state index contributed by atoms with van der Waals surface area (Å²) in [7, 11) is 0. The van der Waals surface area contributed by atoms with Crippen LogP contribution in [-0.4, -0.2) is 22.4 Å². The Kier molecular flexibility index (Phi) is 1.69. The molecule has 9 heavy (non-hydrogen) atoms. The summed E-state index contributed by atoms with van der Waals surface area (Å²) in [5.74, 6) is 0. The molecular weight excluding hydrogens is 116 g/mol. The summed E-state index contributed by atoms with van der Waals surface area (Å²) in [6.07, 6.45) is 3.69. The van der Waals surface area contributed by atoms with Crippen LogP contribution in [0.1, 0.15) is 6.92 Å². The van der Waals surface area contributed by atoms with Gasteiger partial charge in [-0.25, -0.2) is 0 Å². The van der Waals surface area contributed by atoms with Crippen molar-refractivity contribution in [3.63, 3.8) is 0 Å². The van der Waals surface area contributed by atoms with Gasteiger partial charge in [0.2, 0.25) is 0 Å². The van der Waals surface area contributed by atoms with Crippen LogP contribution in [0.4, 0.5) is 0 Å². The highest BCUT2D eigenvalue weighted by atomic mass is 16.3. The minimum atomic E-state index is -0.713. The van der Waals surface area contributed by atoms with Gasteiger partial charge >= 0.3 is 0 Å². The van der Waals surface area contributed by atoms with Crippen LogP contribution in [0, 0.1) is 0 Å². The summed E-state index contributed by atoms with van der Waals surface area (Å²) in [5.41, 5.74) is 0.810. The summed E-state index contributed by atoms with van der Waals surface area (Å²) in [4.78, 5) is 0. The molecule has 0 spiro atoms. The van der Waals surface area contributed by atoms with Gasteiger partial charge in [0, 0.05) is 0 Å². The predicted molar refractivity (Wildman–Crippen MR) is 34.9 cm³/mol. The first-order valence-electron chi connectivity index (χ1n) is 2.93. The summed E-state index contributed by atoms with van der Waals surface area (Å²) >= 11 is 0. The molecule has 0 bridgehead atoms. The van der Waals surface area contributed by atoms with Gasteiger partial charge in [0.15, 0.2) is 0 Å². The van der Waals surface area contributed by atoms with Crippen molar-refractivity contribution in [2.24, 2.45) is 0 Å². The van der Waals surface area contributed by atoms with Gasteiger partial charge in [-0.05, 0) is 12.5 Å². The van der Waals surface area contributed by atoms with Crippen LogP contribution >= 0.6 is 0 Å². The Hall–Kier alpha value is -0.600. The molecule has 1 aliphatic rings. The highest BCUT2D eigenvalue weighted by Crippen LogP contribution is 2.11. The van der Waals surface area contributed by atoms with Crippen molar-refractivity contribution in [3.8, 4) is 0 Å². The first kappa shape index (κ1) is 6.52. The van der Waals surface area contributed by atoms with E-state index >= 15 is 0 Å². The molecule has 0 radical (unpaired) electrons. The van der Waals surface area contributed by atoms with Gasteiger partial charge in [-0.15, -0.1) is 0 Å². The molecule has 2 atom stereocenters. The first-order valence-corrected chi connectivity index (χ1v) is 2.93. The van der Waals surface area contributed by atoms with Gasteiger partial charge in [-0.3, -0.25) is 0 Å². The zero-order valence-corrected chi connectivity index (χ0v) is 5.28. The lowest BCUT2D eigenvalue weighted by Gasteiger charge is -2.17. The lowest BCUT2D eigenvalue weighted by molar-refractivity contribution is 0.0716. The highest BCUT2D eigenvalue weighted by Gasteiger charge is 2.16. The van der Waals surface area contributed by atoms with E-state index in [0.29, 0.717) is 0 Å². The van der Waals surface area contributed by atoms with Crippen molar-refractivity contribution < 1.29 is 10.2 Å². The number of aliphatic hydroxyl groups is 2. The minimum absolute atomic E-state index is 0.699. The van der Waals surface area contributed by atoms with Gasteiger partial charge < -0.3 is 10.2 Å². The van der Waals surface area contributed by atoms with Crippen molar-refractivity contribution in [1.82, 2.24) is 0 Å². The summed E-state index contributed by atoms with van der Waals surface area (Å²) in [5, 5.41) is 18.0. The fourth-order valence-corrected chi connectivity index (χ4v) is 0.794. The molecule has 0 amide bonds. The second-order valence-electron chi connectivity index (χ2n) is 2.23. The quantitative estimate of drug-likeness (QED) is 0.487. The van der Waals surface area contributed by atoms with Crippen LogP contribution in [-0.2, 0) is 0 Å². The second-order valence-corrected chi connectivity index (χ2v) is 2.23. The molecule has 1 aliphatic carbocycles. The topological polar surface area (TPSA) is 40.5 Å². The molecule has 2 nitrogen and oxygen atoms in total. The average Bonchev–Trinajstić information content (AvgIpc) is 1.83. The van der Waals surface area contributed by atoms with Crippen molar-refractivity contribution in [2.75, 3.05) is 0 Å². The van der Waals surface area contributed by atoms with E-state index in [2.05, 4.69) is 0 Å². The van der Waals surface area contributed by atoms with Crippen molar-refractivity contribution in [3.05, 3.63) is 23.8 Å². The Balaban J connectivity index is 2.73. The van der Waals surface area contributed by atoms with E-state index in [1.165, 1.54) is 0 Å². The molecule has 1 rings (SSSR count). The summed E-state index contributed by atoms with van der Waals surface area (Å²) in [6.45, 7) is 1.79. The molecule has 0 aromatic heterocycles. The molecular formula is C7H10O2. The Bertz CT molecular complexity index is 158. The van der Waals surface area contributed by atoms with E-state index in [-0.39, 0.29) is 0 Å². The van der Waals surface area contributed by atoms with Crippen LogP contribution in [0.3, 0.4) is 0 Å². The second kappa shape index (κ2) is 2.33. The number of allylic oxidation sites excluding steroid dienone is 2. The van der Waals surface area contributed by atoms with Crippen LogP contribution in [0.2, 0.25) is 0 Å². The Labute approximate surface area is 54.1 Å². The Morgan fingerprint density at radius 3 is 2.56 bits per heavy atom. The Morgan fingerprint density at radius 2 is 2.11 bits per heavy atom. The van der Waals surface area contributed by atoms with E-state index in [1.54, 1.807) is 25.2 Å². The van der Waals surface area contributed by atoms with Gasteiger partial charge in [-0.1, -0.05) is 18.2 Å². The number of hydrogen-bond acceptors (Lipinski definition) is 2. The average molecular weight is 126 g/mol. The maximum absolute atomic E-state index is 9.08. The van der Waals surface area contributed by atoms with E-state index in [0.717, 1.165) is 5.57 Å². The summed E-state index contributed by atoms with van der Waals surface area (Å²) in [6, 6.07) is 0.